The first kappa shape index (κ1) is 43.0. The minimum absolute atomic E-state index is 0.0816. The minimum atomic E-state index is -2.28. The topological polar surface area (TPSA) is 0 Å². The molecule has 0 fully saturated rings. The number of hydrogen-bond acceptors (Lipinski definition) is 0. The number of fused-ring (bicyclic) bond motifs is 2. The summed E-state index contributed by atoms with van der Waals surface area (Å²) in [4.78, 5) is 0. The standard InChI is InChI=1S/2C26H33.C2H7Si.Zr/c2*1-9-18-12-19-10-17(2)11-23(19)24(13-18)20-14-21(25(3,4)5)16-22(15-20)26(6,7)8;1-3-2;/h2*10-16H,9H2,1-8H3;3H,1-2H3;. The van der Waals surface area contributed by atoms with Crippen LogP contribution in [-0.4, -0.2) is 5.92 Å². The predicted octanol–water partition coefficient (Wildman–Crippen LogP) is 15.6. The van der Waals surface area contributed by atoms with Crippen molar-refractivity contribution in [1.29, 1.82) is 0 Å². The van der Waals surface area contributed by atoms with Crippen molar-refractivity contribution in [3.63, 3.8) is 0 Å². The second-order valence-corrected chi connectivity index (χ2v) is 42.0. The van der Waals surface area contributed by atoms with Gasteiger partial charge in [0.2, 0.25) is 0 Å². The van der Waals surface area contributed by atoms with Gasteiger partial charge in [0.05, 0.1) is 0 Å². The van der Waals surface area contributed by atoms with Gasteiger partial charge < -0.3 is 0 Å². The summed E-state index contributed by atoms with van der Waals surface area (Å²) in [6.45, 7) is 43.5. The molecule has 6 rings (SSSR count). The summed E-state index contributed by atoms with van der Waals surface area (Å²) < 4.78 is 1.23. The van der Waals surface area contributed by atoms with Gasteiger partial charge in [-0.1, -0.05) is 0 Å². The average molecular weight is 841 g/mol. The molecule has 0 amide bonds. The fraction of sp³-hybridized carbons (Fsp3) is 0.481. The maximum atomic E-state index is 2.71. The van der Waals surface area contributed by atoms with Crippen LogP contribution in [0.3, 0.4) is 0 Å². The summed E-state index contributed by atoms with van der Waals surface area (Å²) in [5.41, 5.74) is 24.4. The third-order valence-corrected chi connectivity index (χ3v) is 35.1. The van der Waals surface area contributed by atoms with Crippen molar-refractivity contribution in [1.82, 2.24) is 0 Å². The van der Waals surface area contributed by atoms with Crippen molar-refractivity contribution in [2.24, 2.45) is 0 Å². The van der Waals surface area contributed by atoms with Crippen LogP contribution in [-0.2, 0) is 55.4 Å². The van der Waals surface area contributed by atoms with Gasteiger partial charge in [-0.25, -0.2) is 0 Å². The van der Waals surface area contributed by atoms with Crippen molar-refractivity contribution in [3.8, 4) is 22.3 Å². The van der Waals surface area contributed by atoms with E-state index in [-0.39, 0.29) is 21.7 Å². The molecule has 2 unspecified atom stereocenters. The van der Waals surface area contributed by atoms with Gasteiger partial charge >= 0.3 is 354 Å². The number of rotatable bonds is 7. The zero-order valence-electron chi connectivity index (χ0n) is 38.6. The summed E-state index contributed by atoms with van der Waals surface area (Å²) in [5, 5.41) is 0. The summed E-state index contributed by atoms with van der Waals surface area (Å²) in [6, 6.07) is 25.4. The van der Waals surface area contributed by atoms with E-state index in [0.29, 0.717) is 7.25 Å². The quantitative estimate of drug-likeness (QED) is 0.163. The summed E-state index contributed by atoms with van der Waals surface area (Å²) in [5.74, 6) is -1.02. The molecule has 0 spiro atoms. The molecule has 0 saturated heterocycles. The second-order valence-electron chi connectivity index (χ2n) is 21.9. The molecule has 2 aliphatic carbocycles. The molecule has 4 aromatic carbocycles. The normalized spacial score (nSPS) is 17.3. The zero-order valence-corrected chi connectivity index (χ0v) is 42.2. The van der Waals surface area contributed by atoms with E-state index in [9.17, 15) is 0 Å². The van der Waals surface area contributed by atoms with Crippen LogP contribution in [0.4, 0.5) is 0 Å². The molecule has 2 heteroatoms. The molecule has 0 bridgehead atoms. The van der Waals surface area contributed by atoms with Crippen LogP contribution in [0.15, 0.2) is 71.8 Å². The SMILES string of the molecule is CCc1cc(-c2cc(C(C)(C)C)cc(C(C)(C)C)c2)c2c(c1)[CH]([Zr]([CH]1C(C)=Cc3c(-c4cc(C(C)(C)C)cc(C(C)(C)C)c4)cc(CC)cc31)[SiH](C)C)C(C)=C2. The number of aryl methyl sites for hydroxylation is 2. The molecule has 0 radical (unpaired) electrons. The van der Waals surface area contributed by atoms with Gasteiger partial charge in [-0.05, 0) is 0 Å². The zero-order chi connectivity index (χ0) is 41.4. The Labute approximate surface area is 352 Å². The van der Waals surface area contributed by atoms with Gasteiger partial charge in [0.15, 0.2) is 0 Å². The number of allylic oxidation sites excluding steroid dienone is 2. The molecule has 0 aromatic heterocycles. The van der Waals surface area contributed by atoms with Crippen molar-refractivity contribution in [3.05, 3.63) is 127 Å². The van der Waals surface area contributed by atoms with Crippen LogP contribution in [0, 0.1) is 0 Å². The monoisotopic (exact) mass is 839 g/mol. The average Bonchev–Trinajstić information content (AvgIpc) is 3.60. The Morgan fingerprint density at radius 3 is 1.02 bits per heavy atom. The predicted molar refractivity (Wildman–Crippen MR) is 249 cm³/mol. The van der Waals surface area contributed by atoms with Crippen LogP contribution in [0.25, 0.3) is 34.4 Å². The molecule has 56 heavy (non-hydrogen) atoms. The molecule has 2 aliphatic rings. The Morgan fingerprint density at radius 1 is 0.464 bits per heavy atom. The van der Waals surface area contributed by atoms with Gasteiger partial charge in [-0.3, -0.25) is 0 Å². The van der Waals surface area contributed by atoms with Crippen LogP contribution < -0.4 is 0 Å². The van der Waals surface area contributed by atoms with E-state index in [1.54, 1.807) is 22.3 Å². The molecule has 4 aromatic rings. The molecule has 0 aliphatic heterocycles. The van der Waals surface area contributed by atoms with Gasteiger partial charge in [-0.15, -0.1) is 0 Å². The first-order chi connectivity index (χ1) is 25.8. The van der Waals surface area contributed by atoms with E-state index in [4.69, 9.17) is 0 Å². The van der Waals surface area contributed by atoms with E-state index in [1.807, 2.05) is 0 Å². The second kappa shape index (κ2) is 15.2. The number of hydrogen-bond donors (Lipinski definition) is 0. The fourth-order valence-electron chi connectivity index (χ4n) is 9.29. The Bertz CT molecular complexity index is 1990. The summed E-state index contributed by atoms with van der Waals surface area (Å²) in [7, 11) is 0. The Balaban J connectivity index is 1.55. The van der Waals surface area contributed by atoms with E-state index in [0.717, 1.165) is 12.8 Å². The molecular formula is C54H73SiZr. The van der Waals surface area contributed by atoms with Crippen molar-refractivity contribution >= 4 is 18.1 Å². The van der Waals surface area contributed by atoms with Crippen LogP contribution >= 0.6 is 0 Å². The van der Waals surface area contributed by atoms with Crippen molar-refractivity contribution < 1.29 is 20.9 Å². The molecule has 0 heterocycles. The van der Waals surface area contributed by atoms with E-state index >= 15 is 0 Å². The molecule has 0 N–H and O–H groups in total. The van der Waals surface area contributed by atoms with E-state index in [1.165, 1.54) is 66.8 Å². The molecule has 0 nitrogen and oxygen atoms in total. The maximum absolute atomic E-state index is 2.71. The van der Waals surface area contributed by atoms with E-state index in [2.05, 4.69) is 197 Å². The van der Waals surface area contributed by atoms with Crippen LogP contribution in [0.2, 0.25) is 13.1 Å². The first-order valence-electron chi connectivity index (χ1n) is 21.7. The Kier molecular flexibility index (Phi) is 11.7. The van der Waals surface area contributed by atoms with Crippen molar-refractivity contribution in [2.45, 2.75) is 166 Å². The fourth-order valence-corrected chi connectivity index (χ4v) is 32.4. The Morgan fingerprint density at radius 2 is 0.768 bits per heavy atom. The Hall–Kier alpha value is -2.54. The van der Waals surface area contributed by atoms with Crippen LogP contribution in [0.5, 0.6) is 0 Å². The molecule has 297 valence electrons. The summed E-state index contributed by atoms with van der Waals surface area (Å²) >= 11 is -2.28. The van der Waals surface area contributed by atoms with Gasteiger partial charge in [-0.2, -0.15) is 0 Å². The number of benzene rings is 4. The van der Waals surface area contributed by atoms with Crippen LogP contribution in [0.1, 0.15) is 174 Å². The van der Waals surface area contributed by atoms with Crippen molar-refractivity contribution in [2.75, 3.05) is 0 Å². The molecule has 0 saturated carbocycles. The molecule has 2 atom stereocenters. The van der Waals surface area contributed by atoms with Gasteiger partial charge in [0.25, 0.3) is 0 Å². The van der Waals surface area contributed by atoms with Gasteiger partial charge in [0, 0.05) is 0 Å². The van der Waals surface area contributed by atoms with E-state index < -0.39 is 26.8 Å². The summed E-state index contributed by atoms with van der Waals surface area (Å²) in [6.07, 6.45) is 7.41. The van der Waals surface area contributed by atoms with Gasteiger partial charge in [0.1, 0.15) is 0 Å². The first-order valence-corrected chi connectivity index (χ1v) is 31.7. The third kappa shape index (κ3) is 8.32. The third-order valence-electron chi connectivity index (χ3n) is 12.9. The molecular weight excluding hydrogens is 768 g/mol.